The fourth-order valence-corrected chi connectivity index (χ4v) is 4.13. The molecule has 0 fully saturated rings. The van der Waals surface area contributed by atoms with E-state index in [1.54, 1.807) is 0 Å². The molecule has 0 saturated carbocycles. The van der Waals surface area contributed by atoms with Crippen LogP contribution in [0.15, 0.2) is 55.0 Å². The van der Waals surface area contributed by atoms with Crippen molar-refractivity contribution in [3.8, 4) is 5.69 Å². The van der Waals surface area contributed by atoms with Crippen LogP contribution in [0.25, 0.3) is 38.4 Å². The molecule has 5 aromatic rings. The maximum absolute atomic E-state index is 4.82. The summed E-state index contributed by atoms with van der Waals surface area (Å²) in [5, 5.41) is 3.24. The van der Waals surface area contributed by atoms with Crippen LogP contribution in [0.4, 0.5) is 0 Å². The Morgan fingerprint density at radius 2 is 1.59 bits per heavy atom. The SMILES string of the molecule is Cc1cccc(C)c1-n1ccc2cnc3c4cnc(C(C)(C)C)nc4ccc3c21. The third-order valence-corrected chi connectivity index (χ3v) is 5.59. The molecule has 0 aliphatic carbocycles. The lowest BCUT2D eigenvalue weighted by atomic mass is 9.95. The molecule has 0 amide bonds. The van der Waals surface area contributed by atoms with Crippen LogP contribution in [0.5, 0.6) is 0 Å². The van der Waals surface area contributed by atoms with Gasteiger partial charge in [0.2, 0.25) is 0 Å². The molecule has 0 N–H and O–H groups in total. The van der Waals surface area contributed by atoms with E-state index < -0.39 is 0 Å². The molecule has 0 spiro atoms. The highest BCUT2D eigenvalue weighted by Crippen LogP contribution is 2.33. The first-order valence-corrected chi connectivity index (χ1v) is 9.97. The van der Waals surface area contributed by atoms with Crippen LogP contribution in [0.2, 0.25) is 0 Å². The molecule has 144 valence electrons. The number of pyridine rings is 1. The minimum Gasteiger partial charge on any atom is -0.315 e. The third-order valence-electron chi connectivity index (χ3n) is 5.59. The Morgan fingerprint density at radius 3 is 2.31 bits per heavy atom. The summed E-state index contributed by atoms with van der Waals surface area (Å²) in [6.45, 7) is 10.7. The Morgan fingerprint density at radius 1 is 0.828 bits per heavy atom. The molecule has 0 radical (unpaired) electrons. The lowest BCUT2D eigenvalue weighted by Gasteiger charge is -2.17. The number of benzene rings is 2. The van der Waals surface area contributed by atoms with Crippen molar-refractivity contribution < 1.29 is 0 Å². The van der Waals surface area contributed by atoms with E-state index in [2.05, 4.69) is 86.8 Å². The molecule has 0 aliphatic rings. The number of hydrogen-bond acceptors (Lipinski definition) is 3. The lowest BCUT2D eigenvalue weighted by molar-refractivity contribution is 0.548. The Balaban J connectivity index is 1.85. The first-order chi connectivity index (χ1) is 13.8. The van der Waals surface area contributed by atoms with Crippen LogP contribution in [-0.4, -0.2) is 19.5 Å². The summed E-state index contributed by atoms with van der Waals surface area (Å²) in [6.07, 6.45) is 6.03. The van der Waals surface area contributed by atoms with Crippen molar-refractivity contribution in [3.05, 3.63) is 71.9 Å². The van der Waals surface area contributed by atoms with Gasteiger partial charge in [-0.25, -0.2) is 9.97 Å². The van der Waals surface area contributed by atoms with Gasteiger partial charge in [0.1, 0.15) is 5.82 Å². The van der Waals surface area contributed by atoms with E-state index in [1.807, 2.05) is 12.4 Å². The van der Waals surface area contributed by atoms with Gasteiger partial charge in [0.25, 0.3) is 0 Å². The van der Waals surface area contributed by atoms with Crippen LogP contribution in [0, 0.1) is 13.8 Å². The molecule has 0 unspecified atom stereocenters. The van der Waals surface area contributed by atoms with Gasteiger partial charge in [-0.3, -0.25) is 4.98 Å². The molecule has 0 bridgehead atoms. The monoisotopic (exact) mass is 380 g/mol. The van der Waals surface area contributed by atoms with Crippen molar-refractivity contribution in [2.75, 3.05) is 0 Å². The number of rotatable bonds is 1. The van der Waals surface area contributed by atoms with Crippen molar-refractivity contribution in [1.82, 2.24) is 19.5 Å². The van der Waals surface area contributed by atoms with Gasteiger partial charge in [-0.2, -0.15) is 0 Å². The highest BCUT2D eigenvalue weighted by molar-refractivity contribution is 6.13. The van der Waals surface area contributed by atoms with Crippen LogP contribution >= 0.6 is 0 Å². The summed E-state index contributed by atoms with van der Waals surface area (Å²) >= 11 is 0. The molecule has 2 aromatic carbocycles. The molecule has 3 aromatic heterocycles. The van der Waals surface area contributed by atoms with Crippen LogP contribution in [0.3, 0.4) is 0 Å². The van der Waals surface area contributed by atoms with E-state index in [-0.39, 0.29) is 5.41 Å². The minimum absolute atomic E-state index is 0.0857. The summed E-state index contributed by atoms with van der Waals surface area (Å²) in [7, 11) is 0. The predicted molar refractivity (Wildman–Crippen MR) is 120 cm³/mol. The smallest absolute Gasteiger partial charge is 0.134 e. The maximum atomic E-state index is 4.82. The number of nitrogens with zero attached hydrogens (tertiary/aromatic N) is 4. The average Bonchev–Trinajstić information content (AvgIpc) is 3.10. The fraction of sp³-hybridized carbons (Fsp3) is 0.240. The molecule has 5 rings (SSSR count). The molecular weight excluding hydrogens is 356 g/mol. The van der Waals surface area contributed by atoms with E-state index in [0.29, 0.717) is 0 Å². The molecule has 0 saturated heterocycles. The largest absolute Gasteiger partial charge is 0.315 e. The average molecular weight is 380 g/mol. The number of hydrogen-bond donors (Lipinski definition) is 0. The molecule has 4 heteroatoms. The van der Waals surface area contributed by atoms with Gasteiger partial charge in [-0.15, -0.1) is 0 Å². The standard InChI is InChI=1S/C25H24N4/c1-15-7-6-8-16(2)22(15)29-12-11-17-13-26-21-18(23(17)29)9-10-20-19(21)14-27-24(28-20)25(3,4)5/h6-14H,1-5H3. The van der Waals surface area contributed by atoms with Gasteiger partial charge in [-0.1, -0.05) is 39.0 Å². The first kappa shape index (κ1) is 17.8. The van der Waals surface area contributed by atoms with Crippen molar-refractivity contribution in [2.24, 2.45) is 0 Å². The third kappa shape index (κ3) is 2.70. The Bertz CT molecular complexity index is 1380. The van der Waals surface area contributed by atoms with E-state index in [4.69, 9.17) is 9.97 Å². The molecule has 0 atom stereocenters. The predicted octanol–water partition coefficient (Wildman–Crippen LogP) is 6.04. The minimum atomic E-state index is -0.0857. The molecule has 3 heterocycles. The van der Waals surface area contributed by atoms with E-state index in [0.717, 1.165) is 33.0 Å². The summed E-state index contributed by atoms with van der Waals surface area (Å²) in [5.41, 5.74) is 6.72. The number of para-hydroxylation sites is 1. The van der Waals surface area contributed by atoms with Crippen LogP contribution < -0.4 is 0 Å². The maximum Gasteiger partial charge on any atom is 0.134 e. The summed E-state index contributed by atoms with van der Waals surface area (Å²) in [4.78, 5) is 14.3. The van der Waals surface area contributed by atoms with Gasteiger partial charge < -0.3 is 4.57 Å². The number of fused-ring (bicyclic) bond motifs is 5. The first-order valence-electron chi connectivity index (χ1n) is 9.97. The van der Waals surface area contributed by atoms with E-state index in [9.17, 15) is 0 Å². The second-order valence-electron chi connectivity index (χ2n) is 8.83. The van der Waals surface area contributed by atoms with Crippen LogP contribution in [-0.2, 0) is 5.41 Å². The van der Waals surface area contributed by atoms with Crippen molar-refractivity contribution in [3.63, 3.8) is 0 Å². The summed E-state index contributed by atoms with van der Waals surface area (Å²) in [5.74, 6) is 0.851. The second kappa shape index (κ2) is 6.11. The van der Waals surface area contributed by atoms with Gasteiger partial charge in [0.05, 0.1) is 22.2 Å². The highest BCUT2D eigenvalue weighted by Gasteiger charge is 2.19. The Kier molecular flexibility index (Phi) is 3.75. The zero-order valence-electron chi connectivity index (χ0n) is 17.5. The van der Waals surface area contributed by atoms with Gasteiger partial charge in [-0.05, 0) is 43.2 Å². The molecule has 4 nitrogen and oxygen atoms in total. The quantitative estimate of drug-likeness (QED) is 0.333. The number of aromatic nitrogens is 4. The van der Waals surface area contributed by atoms with Crippen molar-refractivity contribution >= 4 is 32.7 Å². The fourth-order valence-electron chi connectivity index (χ4n) is 4.13. The zero-order valence-corrected chi connectivity index (χ0v) is 17.5. The zero-order chi connectivity index (χ0) is 20.3. The van der Waals surface area contributed by atoms with Gasteiger partial charge >= 0.3 is 0 Å². The molecule has 0 aliphatic heterocycles. The van der Waals surface area contributed by atoms with Gasteiger partial charge in [0, 0.05) is 40.2 Å². The normalized spacial score (nSPS) is 12.3. The van der Waals surface area contributed by atoms with Crippen LogP contribution in [0.1, 0.15) is 37.7 Å². The van der Waals surface area contributed by atoms with E-state index in [1.165, 1.54) is 22.3 Å². The van der Waals surface area contributed by atoms with Crippen molar-refractivity contribution in [2.45, 2.75) is 40.0 Å². The lowest BCUT2D eigenvalue weighted by Crippen LogP contribution is -2.15. The topological polar surface area (TPSA) is 43.6 Å². The molecular formula is C25H24N4. The Hall–Kier alpha value is -3.27. The molecule has 29 heavy (non-hydrogen) atoms. The Labute approximate surface area is 170 Å². The van der Waals surface area contributed by atoms with Gasteiger partial charge in [0.15, 0.2) is 0 Å². The number of aryl methyl sites for hydroxylation is 2. The second-order valence-corrected chi connectivity index (χ2v) is 8.83. The highest BCUT2D eigenvalue weighted by atomic mass is 15.0. The summed E-state index contributed by atoms with van der Waals surface area (Å²) < 4.78 is 2.29. The van der Waals surface area contributed by atoms with E-state index >= 15 is 0 Å². The van der Waals surface area contributed by atoms with Crippen molar-refractivity contribution in [1.29, 1.82) is 0 Å². The summed E-state index contributed by atoms with van der Waals surface area (Å²) in [6, 6.07) is 12.8.